The van der Waals surface area contributed by atoms with Gasteiger partial charge in [-0.2, -0.15) is 0 Å². The van der Waals surface area contributed by atoms with E-state index in [0.717, 1.165) is 18.6 Å². The molecule has 0 radical (unpaired) electrons. The lowest BCUT2D eigenvalue weighted by atomic mass is 10.1. The second kappa shape index (κ2) is 1.57. The van der Waals surface area contributed by atoms with Gasteiger partial charge >= 0.3 is 0 Å². The van der Waals surface area contributed by atoms with Crippen LogP contribution in [0, 0.1) is 0 Å². The van der Waals surface area contributed by atoms with Gasteiger partial charge in [0.2, 0.25) is 0 Å². The quantitative estimate of drug-likeness (QED) is 0.485. The van der Waals surface area contributed by atoms with E-state index in [0.29, 0.717) is 6.10 Å². The molecule has 1 nitrogen and oxygen atoms in total. The fourth-order valence-electron chi connectivity index (χ4n) is 0.708. The molecule has 0 spiro atoms. The molecule has 0 N–H and O–H groups in total. The predicted molar refractivity (Wildman–Crippen MR) is 28.9 cm³/mol. The zero-order chi connectivity index (χ0) is 5.28. The first-order valence-electron chi connectivity index (χ1n) is 2.67. The summed E-state index contributed by atoms with van der Waals surface area (Å²) in [5.41, 5.74) is 0. The SMILES string of the molecule is C=C1CC(CC)O1. The Labute approximate surface area is 44.0 Å². The fourth-order valence-corrected chi connectivity index (χ4v) is 0.708. The van der Waals surface area contributed by atoms with Crippen LogP contribution in [-0.2, 0) is 4.74 Å². The first-order chi connectivity index (χ1) is 3.33. The number of ether oxygens (including phenoxy) is 1. The van der Waals surface area contributed by atoms with Crippen LogP contribution in [-0.4, -0.2) is 6.10 Å². The summed E-state index contributed by atoms with van der Waals surface area (Å²) in [4.78, 5) is 0. The molecule has 0 saturated carbocycles. The predicted octanol–water partition coefficient (Wildman–Crippen LogP) is 1.70. The van der Waals surface area contributed by atoms with E-state index < -0.39 is 0 Å². The van der Waals surface area contributed by atoms with Gasteiger partial charge in [-0.15, -0.1) is 0 Å². The average Bonchev–Trinajstić information content (AvgIpc) is 1.58. The van der Waals surface area contributed by atoms with Crippen molar-refractivity contribution in [2.45, 2.75) is 25.9 Å². The van der Waals surface area contributed by atoms with E-state index in [9.17, 15) is 0 Å². The summed E-state index contributed by atoms with van der Waals surface area (Å²) in [6.07, 6.45) is 2.70. The van der Waals surface area contributed by atoms with Crippen molar-refractivity contribution in [3.8, 4) is 0 Å². The van der Waals surface area contributed by atoms with Crippen LogP contribution in [0.15, 0.2) is 12.3 Å². The third-order valence-corrected chi connectivity index (χ3v) is 1.24. The smallest absolute Gasteiger partial charge is 0.105 e. The normalized spacial score (nSPS) is 28.7. The van der Waals surface area contributed by atoms with Crippen molar-refractivity contribution in [1.29, 1.82) is 0 Å². The minimum Gasteiger partial charge on any atom is -0.495 e. The monoisotopic (exact) mass is 98.1 g/mol. The van der Waals surface area contributed by atoms with Gasteiger partial charge in [-0.05, 0) is 6.42 Å². The number of hydrogen-bond acceptors (Lipinski definition) is 1. The lowest BCUT2D eigenvalue weighted by molar-refractivity contribution is 0.0194. The molecule has 1 heteroatoms. The lowest BCUT2D eigenvalue weighted by Gasteiger charge is -2.28. The molecule has 0 aromatic carbocycles. The van der Waals surface area contributed by atoms with Crippen LogP contribution >= 0.6 is 0 Å². The summed E-state index contributed by atoms with van der Waals surface area (Å²) >= 11 is 0. The first-order valence-corrected chi connectivity index (χ1v) is 2.67. The topological polar surface area (TPSA) is 9.23 Å². The molecule has 0 amide bonds. The summed E-state index contributed by atoms with van der Waals surface area (Å²) in [6.45, 7) is 5.76. The Bertz CT molecular complexity index is 78.2. The van der Waals surface area contributed by atoms with Gasteiger partial charge in [0.05, 0.1) is 5.76 Å². The molecular formula is C6H10O. The molecule has 7 heavy (non-hydrogen) atoms. The first kappa shape index (κ1) is 4.69. The van der Waals surface area contributed by atoms with Crippen LogP contribution in [0.5, 0.6) is 0 Å². The largest absolute Gasteiger partial charge is 0.495 e. The number of rotatable bonds is 1. The van der Waals surface area contributed by atoms with Crippen molar-refractivity contribution in [3.05, 3.63) is 12.3 Å². The number of hydrogen-bond donors (Lipinski definition) is 0. The summed E-state index contributed by atoms with van der Waals surface area (Å²) in [5.74, 6) is 0.951. The Balaban J connectivity index is 2.17. The molecule has 1 fully saturated rings. The molecular weight excluding hydrogens is 88.1 g/mol. The van der Waals surface area contributed by atoms with E-state index >= 15 is 0 Å². The second-order valence-corrected chi connectivity index (χ2v) is 1.89. The summed E-state index contributed by atoms with van der Waals surface area (Å²) < 4.78 is 5.09. The highest BCUT2D eigenvalue weighted by Crippen LogP contribution is 2.24. The molecule has 1 aliphatic rings. The Morgan fingerprint density at radius 2 is 2.57 bits per heavy atom. The van der Waals surface area contributed by atoms with E-state index in [4.69, 9.17) is 4.74 Å². The van der Waals surface area contributed by atoms with Crippen LogP contribution < -0.4 is 0 Å². The third kappa shape index (κ3) is 0.763. The summed E-state index contributed by atoms with van der Waals surface area (Å²) in [6, 6.07) is 0. The van der Waals surface area contributed by atoms with E-state index in [1.165, 1.54) is 0 Å². The minimum atomic E-state index is 0.493. The second-order valence-electron chi connectivity index (χ2n) is 1.89. The highest BCUT2D eigenvalue weighted by molar-refractivity contribution is 4.95. The molecule has 1 saturated heterocycles. The van der Waals surface area contributed by atoms with Crippen LogP contribution in [0.3, 0.4) is 0 Å². The van der Waals surface area contributed by atoms with E-state index in [-0.39, 0.29) is 0 Å². The molecule has 0 aliphatic carbocycles. The molecule has 0 aromatic rings. The molecule has 0 aromatic heterocycles. The van der Waals surface area contributed by atoms with Gasteiger partial charge in [0, 0.05) is 6.42 Å². The lowest BCUT2D eigenvalue weighted by Crippen LogP contribution is -2.22. The molecule has 1 rings (SSSR count). The van der Waals surface area contributed by atoms with Crippen LogP contribution in [0.25, 0.3) is 0 Å². The van der Waals surface area contributed by atoms with Gasteiger partial charge in [-0.1, -0.05) is 13.5 Å². The third-order valence-electron chi connectivity index (χ3n) is 1.24. The van der Waals surface area contributed by atoms with E-state index in [2.05, 4.69) is 13.5 Å². The van der Waals surface area contributed by atoms with Gasteiger partial charge in [0.15, 0.2) is 0 Å². The molecule has 1 aliphatic heterocycles. The Morgan fingerprint density at radius 1 is 2.00 bits per heavy atom. The Kier molecular flexibility index (Phi) is 1.05. The average molecular weight is 98.1 g/mol. The van der Waals surface area contributed by atoms with Crippen molar-refractivity contribution in [2.75, 3.05) is 0 Å². The Morgan fingerprint density at radius 3 is 2.71 bits per heavy atom. The van der Waals surface area contributed by atoms with Crippen molar-refractivity contribution in [2.24, 2.45) is 0 Å². The highest BCUT2D eigenvalue weighted by atomic mass is 16.5. The van der Waals surface area contributed by atoms with Crippen molar-refractivity contribution in [3.63, 3.8) is 0 Å². The van der Waals surface area contributed by atoms with Crippen molar-refractivity contribution >= 4 is 0 Å². The van der Waals surface area contributed by atoms with Gasteiger partial charge in [-0.3, -0.25) is 0 Å². The van der Waals surface area contributed by atoms with Crippen LogP contribution in [0.1, 0.15) is 19.8 Å². The molecule has 0 bridgehead atoms. The maximum absolute atomic E-state index is 5.09. The zero-order valence-electron chi connectivity index (χ0n) is 4.61. The standard InChI is InChI=1S/C6H10O/c1-3-6-4-5(2)7-6/h6H,2-4H2,1H3. The molecule has 1 unspecified atom stereocenters. The minimum absolute atomic E-state index is 0.493. The van der Waals surface area contributed by atoms with Gasteiger partial charge in [-0.25, -0.2) is 0 Å². The van der Waals surface area contributed by atoms with Crippen LogP contribution in [0.4, 0.5) is 0 Å². The molecule has 40 valence electrons. The maximum atomic E-state index is 5.09. The summed E-state index contributed by atoms with van der Waals surface area (Å²) in [7, 11) is 0. The van der Waals surface area contributed by atoms with E-state index in [1.807, 2.05) is 0 Å². The molecule has 1 atom stereocenters. The molecule has 1 heterocycles. The van der Waals surface area contributed by atoms with Gasteiger partial charge < -0.3 is 4.74 Å². The summed E-state index contributed by atoms with van der Waals surface area (Å²) in [5, 5.41) is 0. The van der Waals surface area contributed by atoms with Crippen LogP contribution in [0.2, 0.25) is 0 Å². The van der Waals surface area contributed by atoms with Crippen molar-refractivity contribution in [1.82, 2.24) is 0 Å². The zero-order valence-corrected chi connectivity index (χ0v) is 4.61. The Hall–Kier alpha value is -0.460. The van der Waals surface area contributed by atoms with E-state index in [1.54, 1.807) is 0 Å². The van der Waals surface area contributed by atoms with Gasteiger partial charge in [0.25, 0.3) is 0 Å². The highest BCUT2D eigenvalue weighted by Gasteiger charge is 2.19. The van der Waals surface area contributed by atoms with Gasteiger partial charge in [0.1, 0.15) is 6.10 Å². The van der Waals surface area contributed by atoms with Crippen molar-refractivity contribution < 1.29 is 4.74 Å². The fraction of sp³-hybridized carbons (Fsp3) is 0.667. The maximum Gasteiger partial charge on any atom is 0.105 e.